The first kappa shape index (κ1) is 27.2. The fourth-order valence-corrected chi connectivity index (χ4v) is 2.92. The Balaban J connectivity index is 0.00000480. The quantitative estimate of drug-likeness (QED) is 0.173. The number of aliphatic hydroxyl groups excluding tert-OH is 1. The number of benzene rings is 2. The first-order chi connectivity index (χ1) is 14.5. The van der Waals surface area contributed by atoms with Crippen molar-refractivity contribution < 1.29 is 14.6 Å². The van der Waals surface area contributed by atoms with Crippen molar-refractivity contribution in [3.8, 4) is 5.75 Å². The van der Waals surface area contributed by atoms with E-state index in [1.165, 1.54) is 5.56 Å². The molecule has 0 heterocycles. The molecule has 1 atom stereocenters. The molecule has 0 saturated carbocycles. The summed E-state index contributed by atoms with van der Waals surface area (Å²) < 4.78 is 11.0. The van der Waals surface area contributed by atoms with Gasteiger partial charge in [-0.15, -0.1) is 24.0 Å². The number of methoxy groups -OCH3 is 1. The van der Waals surface area contributed by atoms with Crippen LogP contribution in [0.4, 0.5) is 0 Å². The third kappa shape index (κ3) is 9.88. The van der Waals surface area contributed by atoms with Gasteiger partial charge in [0.05, 0.1) is 19.3 Å². The summed E-state index contributed by atoms with van der Waals surface area (Å²) in [5.74, 6) is 1.51. The van der Waals surface area contributed by atoms with Gasteiger partial charge in [0, 0.05) is 38.8 Å². The van der Waals surface area contributed by atoms with E-state index in [0.717, 1.165) is 35.4 Å². The number of aryl methyl sites for hydroxylation is 2. The number of rotatable bonds is 11. The molecule has 2 aromatic rings. The second-order valence-electron chi connectivity index (χ2n) is 7.31. The fraction of sp³-hybridized carbons (Fsp3) is 0.458. The molecule has 3 N–H and O–H groups in total. The normalized spacial score (nSPS) is 12.1. The number of guanidine groups is 1. The number of nitrogens with zero attached hydrogens (tertiary/aromatic N) is 1. The summed E-state index contributed by atoms with van der Waals surface area (Å²) in [4.78, 5) is 4.68. The largest absolute Gasteiger partial charge is 0.493 e. The van der Waals surface area contributed by atoms with E-state index in [1.54, 1.807) is 7.11 Å². The molecule has 0 spiro atoms. The molecule has 2 rings (SSSR count). The molecule has 2 aromatic carbocycles. The van der Waals surface area contributed by atoms with E-state index in [4.69, 9.17) is 9.47 Å². The van der Waals surface area contributed by atoms with Crippen LogP contribution in [0.15, 0.2) is 47.5 Å². The van der Waals surface area contributed by atoms with Crippen LogP contribution in [-0.4, -0.2) is 44.5 Å². The molecule has 0 aromatic heterocycles. The molecule has 172 valence electrons. The van der Waals surface area contributed by atoms with Crippen LogP contribution >= 0.6 is 24.0 Å². The highest BCUT2D eigenvalue weighted by Crippen LogP contribution is 2.21. The molecule has 0 aliphatic carbocycles. The van der Waals surface area contributed by atoms with Crippen LogP contribution in [0.25, 0.3) is 0 Å². The molecule has 7 heteroatoms. The molecule has 0 bridgehead atoms. The standard InChI is InChI=1S/C24H35N3O3.HI/c1-5-25-24(27-17-22(28)20-10-7-18(2)8-11-20)26-16-21-12-9-19(3)15-23(21)30-14-6-13-29-4;/h7-12,15,22,28H,5-6,13-14,16-17H2,1-4H3,(H2,25,26,27);1H. The van der Waals surface area contributed by atoms with Crippen molar-refractivity contribution >= 4 is 29.9 Å². The van der Waals surface area contributed by atoms with Crippen LogP contribution in [0.5, 0.6) is 5.75 Å². The highest BCUT2D eigenvalue weighted by atomic mass is 127. The lowest BCUT2D eigenvalue weighted by atomic mass is 10.1. The van der Waals surface area contributed by atoms with Gasteiger partial charge in [-0.1, -0.05) is 42.0 Å². The van der Waals surface area contributed by atoms with Crippen molar-refractivity contribution in [1.82, 2.24) is 10.6 Å². The monoisotopic (exact) mass is 541 g/mol. The van der Waals surface area contributed by atoms with Crippen LogP contribution in [0.1, 0.15) is 41.7 Å². The average molecular weight is 541 g/mol. The van der Waals surface area contributed by atoms with Gasteiger partial charge in [0.15, 0.2) is 5.96 Å². The SMILES string of the molecule is CCNC(=NCc1ccc(C)cc1OCCCOC)NCC(O)c1ccc(C)cc1.I. The summed E-state index contributed by atoms with van der Waals surface area (Å²) in [6, 6.07) is 14.1. The predicted octanol–water partition coefficient (Wildman–Crippen LogP) is 4.13. The van der Waals surface area contributed by atoms with Gasteiger partial charge in [-0.05, 0) is 38.0 Å². The Hall–Kier alpha value is -1.84. The zero-order chi connectivity index (χ0) is 21.8. The molecule has 6 nitrogen and oxygen atoms in total. The lowest BCUT2D eigenvalue weighted by Gasteiger charge is -2.16. The summed E-state index contributed by atoms with van der Waals surface area (Å²) in [5.41, 5.74) is 4.23. The summed E-state index contributed by atoms with van der Waals surface area (Å²) in [6.07, 6.45) is 0.238. The van der Waals surface area contributed by atoms with Crippen LogP contribution < -0.4 is 15.4 Å². The number of ether oxygens (including phenoxy) is 2. The molecule has 0 radical (unpaired) electrons. The van der Waals surface area contributed by atoms with Crippen LogP contribution in [-0.2, 0) is 11.3 Å². The van der Waals surface area contributed by atoms with Gasteiger partial charge >= 0.3 is 0 Å². The molecular formula is C24H36IN3O3. The minimum absolute atomic E-state index is 0. The Morgan fingerprint density at radius 3 is 2.42 bits per heavy atom. The first-order valence-corrected chi connectivity index (χ1v) is 10.5. The van der Waals surface area contributed by atoms with E-state index < -0.39 is 6.10 Å². The van der Waals surface area contributed by atoms with E-state index in [9.17, 15) is 5.11 Å². The first-order valence-electron chi connectivity index (χ1n) is 10.5. The maximum Gasteiger partial charge on any atom is 0.191 e. The maximum absolute atomic E-state index is 10.5. The van der Waals surface area contributed by atoms with Gasteiger partial charge in [-0.2, -0.15) is 0 Å². The summed E-state index contributed by atoms with van der Waals surface area (Å²) in [7, 11) is 1.69. The summed E-state index contributed by atoms with van der Waals surface area (Å²) in [5, 5.41) is 16.9. The molecule has 1 unspecified atom stereocenters. The Bertz CT molecular complexity index is 797. The van der Waals surface area contributed by atoms with Crippen LogP contribution in [0.2, 0.25) is 0 Å². The number of aliphatic hydroxyl groups is 1. The number of aliphatic imine (C=N–C) groups is 1. The van der Waals surface area contributed by atoms with Gasteiger partial charge in [0.25, 0.3) is 0 Å². The highest BCUT2D eigenvalue weighted by molar-refractivity contribution is 14.0. The van der Waals surface area contributed by atoms with Gasteiger partial charge < -0.3 is 25.2 Å². The smallest absolute Gasteiger partial charge is 0.191 e. The number of nitrogens with one attached hydrogen (secondary N) is 2. The molecule has 0 fully saturated rings. The summed E-state index contributed by atoms with van der Waals surface area (Å²) >= 11 is 0. The lowest BCUT2D eigenvalue weighted by Crippen LogP contribution is -2.39. The minimum atomic E-state index is -0.603. The topological polar surface area (TPSA) is 75.1 Å². The van der Waals surface area contributed by atoms with Crippen molar-refractivity contribution in [3.05, 3.63) is 64.7 Å². The Labute approximate surface area is 203 Å². The van der Waals surface area contributed by atoms with E-state index in [-0.39, 0.29) is 24.0 Å². The summed E-state index contributed by atoms with van der Waals surface area (Å²) in [6.45, 7) is 8.98. The van der Waals surface area contributed by atoms with Crippen LogP contribution in [0.3, 0.4) is 0 Å². The van der Waals surface area contributed by atoms with Crippen molar-refractivity contribution in [1.29, 1.82) is 0 Å². The second kappa shape index (κ2) is 15.0. The Kier molecular flexibility index (Phi) is 13.2. The van der Waals surface area contributed by atoms with E-state index >= 15 is 0 Å². The molecule has 0 saturated heterocycles. The molecule has 0 aliphatic rings. The van der Waals surface area contributed by atoms with Crippen molar-refractivity contribution in [2.75, 3.05) is 33.4 Å². The predicted molar refractivity (Wildman–Crippen MR) is 138 cm³/mol. The zero-order valence-electron chi connectivity index (χ0n) is 19.0. The molecule has 31 heavy (non-hydrogen) atoms. The van der Waals surface area contributed by atoms with Crippen molar-refractivity contribution in [3.63, 3.8) is 0 Å². The second-order valence-corrected chi connectivity index (χ2v) is 7.31. The molecule has 0 aliphatic heterocycles. The average Bonchev–Trinajstić information content (AvgIpc) is 2.74. The van der Waals surface area contributed by atoms with Crippen molar-refractivity contribution in [2.45, 2.75) is 39.8 Å². The third-order valence-corrected chi connectivity index (χ3v) is 4.65. The minimum Gasteiger partial charge on any atom is -0.493 e. The molecular weight excluding hydrogens is 505 g/mol. The van der Waals surface area contributed by atoms with Gasteiger partial charge in [0.1, 0.15) is 5.75 Å². The van der Waals surface area contributed by atoms with E-state index in [0.29, 0.717) is 32.3 Å². The van der Waals surface area contributed by atoms with Crippen LogP contribution in [0, 0.1) is 13.8 Å². The van der Waals surface area contributed by atoms with Gasteiger partial charge in [0.2, 0.25) is 0 Å². The number of halogens is 1. The highest BCUT2D eigenvalue weighted by Gasteiger charge is 2.09. The zero-order valence-corrected chi connectivity index (χ0v) is 21.3. The van der Waals surface area contributed by atoms with E-state index in [1.807, 2.05) is 51.1 Å². The lowest BCUT2D eigenvalue weighted by molar-refractivity contribution is 0.172. The number of hydrogen-bond donors (Lipinski definition) is 3. The fourth-order valence-electron chi connectivity index (χ4n) is 2.92. The van der Waals surface area contributed by atoms with Crippen molar-refractivity contribution in [2.24, 2.45) is 4.99 Å². The number of hydrogen-bond acceptors (Lipinski definition) is 4. The maximum atomic E-state index is 10.5. The Morgan fingerprint density at radius 2 is 1.74 bits per heavy atom. The third-order valence-electron chi connectivity index (χ3n) is 4.65. The van der Waals surface area contributed by atoms with Gasteiger partial charge in [-0.25, -0.2) is 4.99 Å². The van der Waals surface area contributed by atoms with E-state index in [2.05, 4.69) is 27.8 Å². The Morgan fingerprint density at radius 1 is 1.03 bits per heavy atom. The molecule has 0 amide bonds. The van der Waals surface area contributed by atoms with Gasteiger partial charge in [-0.3, -0.25) is 0 Å².